The third kappa shape index (κ3) is 7.09. The van der Waals surface area contributed by atoms with E-state index >= 15 is 0 Å². The van der Waals surface area contributed by atoms with Crippen LogP contribution in [0.4, 0.5) is 19.1 Å². The number of imidazole rings is 1. The number of nitrogen functional groups attached to an aromatic ring is 1. The molecule has 1 atom stereocenters. The summed E-state index contributed by atoms with van der Waals surface area (Å²) in [6, 6.07) is 11.4. The molecular weight excluding hydrogens is 597 g/mol. The van der Waals surface area contributed by atoms with Crippen LogP contribution >= 0.6 is 0 Å². The van der Waals surface area contributed by atoms with Crippen LogP contribution in [0.15, 0.2) is 73.7 Å². The lowest BCUT2D eigenvalue weighted by Gasteiger charge is -2.33. The molecule has 1 saturated heterocycles. The number of likely N-dealkylation sites (tertiary alicyclic amines) is 1. The van der Waals surface area contributed by atoms with Crippen LogP contribution in [0, 0.1) is 17.5 Å². The lowest BCUT2D eigenvalue weighted by Crippen LogP contribution is -2.43. The quantitative estimate of drug-likeness (QED) is 0.176. The number of halogens is 3. The maximum Gasteiger partial charge on any atom is 0.220 e. The summed E-state index contributed by atoms with van der Waals surface area (Å²) in [5, 5.41) is 18.7. The molecule has 1 aliphatic heterocycles. The molecule has 0 saturated carbocycles. The van der Waals surface area contributed by atoms with Gasteiger partial charge in [-0.25, -0.2) is 37.8 Å². The van der Waals surface area contributed by atoms with Crippen molar-refractivity contribution in [2.75, 3.05) is 38.5 Å². The molecule has 14 heteroatoms. The van der Waals surface area contributed by atoms with Gasteiger partial charge in [0.25, 0.3) is 0 Å². The standard InChI is InChI=1S/C32H35F3N10O/c33-23-4-2-22(3-5-23)29-30(28-8-12-39-31(36)42-28)45(21-40-29)25-9-14-43(15-10-25)13-1-11-37-17-32(46,18-44-20-38-19-41-44)26-7-6-24(34)16-27(26)35/h2-8,12,16,19-21,25,37,46H,1,9-11,13-15,17-18H2,(H2,36,39,42). The molecule has 0 aliphatic carbocycles. The van der Waals surface area contributed by atoms with E-state index in [4.69, 9.17) is 10.7 Å². The molecule has 0 bridgehead atoms. The highest BCUT2D eigenvalue weighted by Crippen LogP contribution is 2.35. The lowest BCUT2D eigenvalue weighted by atomic mass is 9.92. The molecule has 46 heavy (non-hydrogen) atoms. The zero-order valence-corrected chi connectivity index (χ0v) is 25.1. The summed E-state index contributed by atoms with van der Waals surface area (Å²) in [6.45, 7) is 3.17. The molecule has 4 heterocycles. The van der Waals surface area contributed by atoms with E-state index in [0.29, 0.717) is 17.9 Å². The highest BCUT2D eigenvalue weighted by Gasteiger charge is 2.33. The molecule has 2 aromatic carbocycles. The van der Waals surface area contributed by atoms with E-state index in [2.05, 4.69) is 34.8 Å². The van der Waals surface area contributed by atoms with Crippen molar-refractivity contribution in [3.63, 3.8) is 0 Å². The first-order valence-electron chi connectivity index (χ1n) is 15.1. The fourth-order valence-electron chi connectivity index (χ4n) is 6.05. The van der Waals surface area contributed by atoms with Crippen LogP contribution in [0.25, 0.3) is 22.6 Å². The largest absolute Gasteiger partial charge is 0.382 e. The van der Waals surface area contributed by atoms with Crippen molar-refractivity contribution >= 4 is 5.95 Å². The SMILES string of the molecule is Nc1nccc(-c2c(-c3ccc(F)cc3)ncn2C2CCN(CCCNCC(O)(Cn3cncn3)c3ccc(F)cc3F)CC2)n1. The molecule has 240 valence electrons. The molecule has 1 unspecified atom stereocenters. The van der Waals surface area contributed by atoms with Crippen molar-refractivity contribution in [2.24, 2.45) is 0 Å². The summed E-state index contributed by atoms with van der Waals surface area (Å²) in [4.78, 5) is 19.5. The van der Waals surface area contributed by atoms with Gasteiger partial charge in [-0.05, 0) is 68.8 Å². The van der Waals surface area contributed by atoms with E-state index in [1.165, 1.54) is 35.5 Å². The minimum Gasteiger partial charge on any atom is -0.382 e. The van der Waals surface area contributed by atoms with Gasteiger partial charge in [0.15, 0.2) is 0 Å². The van der Waals surface area contributed by atoms with Crippen molar-refractivity contribution in [1.29, 1.82) is 0 Å². The summed E-state index contributed by atoms with van der Waals surface area (Å²) < 4.78 is 45.5. The number of piperidine rings is 1. The first kappa shape index (κ1) is 31.3. The highest BCUT2D eigenvalue weighted by atomic mass is 19.1. The second kappa shape index (κ2) is 13.8. The first-order chi connectivity index (χ1) is 22.3. The van der Waals surface area contributed by atoms with Gasteiger partial charge in [0.05, 0.1) is 30.0 Å². The number of nitrogens with one attached hydrogen (secondary N) is 1. The minimum absolute atomic E-state index is 0.00918. The Morgan fingerprint density at radius 3 is 2.48 bits per heavy atom. The molecule has 0 spiro atoms. The van der Waals surface area contributed by atoms with Crippen molar-refractivity contribution in [3.8, 4) is 22.6 Å². The van der Waals surface area contributed by atoms with Crippen molar-refractivity contribution in [2.45, 2.75) is 37.5 Å². The second-order valence-electron chi connectivity index (χ2n) is 11.5. The second-order valence-corrected chi connectivity index (χ2v) is 11.5. The molecule has 0 radical (unpaired) electrons. The Bertz CT molecular complexity index is 1740. The maximum atomic E-state index is 14.7. The summed E-state index contributed by atoms with van der Waals surface area (Å²) in [7, 11) is 0. The van der Waals surface area contributed by atoms with Crippen LogP contribution in [0.3, 0.4) is 0 Å². The Labute approximate surface area is 264 Å². The monoisotopic (exact) mass is 632 g/mol. The number of benzene rings is 2. The molecule has 11 nitrogen and oxygen atoms in total. The number of aliphatic hydroxyl groups is 1. The molecule has 5 aromatic rings. The van der Waals surface area contributed by atoms with E-state index in [9.17, 15) is 18.3 Å². The first-order valence-corrected chi connectivity index (χ1v) is 15.1. The van der Waals surface area contributed by atoms with Crippen molar-refractivity contribution in [3.05, 3.63) is 96.7 Å². The topological polar surface area (TPSA) is 136 Å². The van der Waals surface area contributed by atoms with E-state index in [1.807, 2.05) is 6.33 Å². The van der Waals surface area contributed by atoms with E-state index < -0.39 is 17.2 Å². The van der Waals surface area contributed by atoms with E-state index in [-0.39, 0.29) is 36.5 Å². The number of aromatic nitrogens is 7. The Balaban J connectivity index is 1.06. The third-order valence-corrected chi connectivity index (χ3v) is 8.35. The fraction of sp³-hybridized carbons (Fsp3) is 0.344. The highest BCUT2D eigenvalue weighted by molar-refractivity contribution is 5.77. The van der Waals surface area contributed by atoms with Gasteiger partial charge < -0.3 is 25.6 Å². The summed E-state index contributed by atoms with van der Waals surface area (Å²) in [6.07, 6.45) is 8.80. The lowest BCUT2D eigenvalue weighted by molar-refractivity contribution is 0.0119. The van der Waals surface area contributed by atoms with Crippen molar-refractivity contribution < 1.29 is 18.3 Å². The number of anilines is 1. The van der Waals surface area contributed by atoms with E-state index in [1.54, 1.807) is 24.4 Å². The molecule has 4 N–H and O–H groups in total. The van der Waals surface area contributed by atoms with Gasteiger partial charge >= 0.3 is 0 Å². The molecule has 1 aliphatic rings. The van der Waals surface area contributed by atoms with Crippen LogP contribution in [0.5, 0.6) is 0 Å². The molecule has 0 amide bonds. The predicted octanol–water partition coefficient (Wildman–Crippen LogP) is 3.80. The van der Waals surface area contributed by atoms with Gasteiger partial charge in [-0.15, -0.1) is 0 Å². The Morgan fingerprint density at radius 2 is 1.76 bits per heavy atom. The van der Waals surface area contributed by atoms with Gasteiger partial charge in [0.1, 0.15) is 35.7 Å². The zero-order valence-electron chi connectivity index (χ0n) is 25.1. The van der Waals surface area contributed by atoms with Gasteiger partial charge in [-0.1, -0.05) is 6.07 Å². The number of nitrogens with two attached hydrogens (primary N) is 1. The normalized spacial score (nSPS) is 15.7. The summed E-state index contributed by atoms with van der Waals surface area (Å²) >= 11 is 0. The van der Waals surface area contributed by atoms with Crippen molar-refractivity contribution in [1.82, 2.24) is 44.5 Å². The van der Waals surface area contributed by atoms with Gasteiger partial charge in [0, 0.05) is 49.1 Å². The maximum absolute atomic E-state index is 14.7. The molecule has 3 aromatic heterocycles. The zero-order chi connectivity index (χ0) is 32.1. The van der Waals surface area contributed by atoms with E-state index in [0.717, 1.165) is 62.3 Å². The molecule has 1 fully saturated rings. The number of rotatable bonds is 12. The fourth-order valence-corrected chi connectivity index (χ4v) is 6.05. The van der Waals surface area contributed by atoms with Crippen LogP contribution in [-0.2, 0) is 12.1 Å². The van der Waals surface area contributed by atoms with Crippen LogP contribution in [-0.4, -0.2) is 77.0 Å². The molecule has 6 rings (SSSR count). The smallest absolute Gasteiger partial charge is 0.220 e. The number of hydrogen-bond donors (Lipinski definition) is 3. The van der Waals surface area contributed by atoms with Gasteiger partial charge in [0.2, 0.25) is 5.95 Å². The Morgan fingerprint density at radius 1 is 0.978 bits per heavy atom. The number of hydrogen-bond acceptors (Lipinski definition) is 9. The summed E-state index contributed by atoms with van der Waals surface area (Å²) in [5.74, 6) is -1.68. The van der Waals surface area contributed by atoms with Gasteiger partial charge in [-0.2, -0.15) is 5.10 Å². The average Bonchev–Trinajstić information content (AvgIpc) is 3.72. The Hall–Kier alpha value is -4.66. The number of nitrogens with zero attached hydrogens (tertiary/aromatic N) is 8. The third-order valence-electron chi connectivity index (χ3n) is 8.35. The minimum atomic E-state index is -1.66. The Kier molecular flexibility index (Phi) is 9.38. The van der Waals surface area contributed by atoms with Crippen LogP contribution in [0.1, 0.15) is 30.9 Å². The van der Waals surface area contributed by atoms with Crippen LogP contribution in [0.2, 0.25) is 0 Å². The molecular formula is C32H35F3N10O. The summed E-state index contributed by atoms with van der Waals surface area (Å²) in [5.41, 5.74) is 7.21. The predicted molar refractivity (Wildman–Crippen MR) is 166 cm³/mol. The van der Waals surface area contributed by atoms with Gasteiger partial charge in [-0.3, -0.25) is 0 Å². The average molecular weight is 633 g/mol. The van der Waals surface area contributed by atoms with Crippen LogP contribution < -0.4 is 11.1 Å².